The van der Waals surface area contributed by atoms with Crippen molar-refractivity contribution in [2.24, 2.45) is 0 Å². The highest BCUT2D eigenvalue weighted by Gasteiger charge is 2.19. The van der Waals surface area contributed by atoms with Crippen LogP contribution in [-0.4, -0.2) is 72.5 Å². The lowest BCUT2D eigenvalue weighted by molar-refractivity contribution is 0.395. The second-order valence-corrected chi connectivity index (χ2v) is 13.3. The Morgan fingerprint density at radius 3 is 0.840 bits per heavy atom. The van der Waals surface area contributed by atoms with E-state index in [-0.39, 0.29) is 34.0 Å². The zero-order chi connectivity index (χ0) is 33.6. The molecule has 0 aromatic heterocycles. The summed E-state index contributed by atoms with van der Waals surface area (Å²) in [5, 5.41) is 0. The molecule has 8 nitrogen and oxygen atoms in total. The van der Waals surface area contributed by atoms with E-state index in [1.54, 1.807) is 0 Å². The van der Waals surface area contributed by atoms with Gasteiger partial charge < -0.3 is 39.2 Å². The number of hydrogen-bond acceptors (Lipinski definition) is 8. The predicted octanol–water partition coefficient (Wildman–Crippen LogP) is 9.93. The van der Waals surface area contributed by atoms with Crippen LogP contribution in [0.2, 0.25) is 0 Å². The van der Waals surface area contributed by atoms with Crippen LogP contribution in [0.15, 0.2) is 98.1 Å². The zero-order valence-corrected chi connectivity index (χ0v) is 34.4. The maximum atomic E-state index is 2.39. The first kappa shape index (κ1) is 41.2. The van der Waals surface area contributed by atoms with Gasteiger partial charge >= 0.3 is 0 Å². The first-order chi connectivity index (χ1) is 23.6. The molecule has 0 bridgehead atoms. The normalized spacial score (nSPS) is 16.1. The second-order valence-electron chi connectivity index (χ2n) is 13.3. The minimum atomic E-state index is 0. The van der Waals surface area contributed by atoms with Gasteiger partial charge in [-0.2, -0.15) is 0 Å². The molecule has 0 saturated carbocycles. The Hall–Kier alpha value is -3.24. The van der Waals surface area contributed by atoms with Crippen LogP contribution in [0.4, 0.5) is 22.7 Å². The van der Waals surface area contributed by atoms with Gasteiger partial charge in [-0.3, -0.25) is 0 Å². The van der Waals surface area contributed by atoms with Gasteiger partial charge in [-0.15, -0.1) is 34.0 Å². The Morgan fingerprint density at radius 1 is 0.380 bits per heavy atom. The van der Waals surface area contributed by atoms with E-state index in [2.05, 4.69) is 165 Å². The van der Waals surface area contributed by atoms with E-state index in [0.717, 1.165) is 52.9 Å². The SMILES string of the molecule is Br.Br.CCCCN1C=CN(c2cccc(N3C=CN(CCCC)C3)c2)C1.CCCCN1C=CN(c2cccc(N3C=CN(CCCC)C3)c2)C1. The molecule has 0 radical (unpaired) electrons. The molecule has 50 heavy (non-hydrogen) atoms. The lowest BCUT2D eigenvalue weighted by atomic mass is 10.2. The van der Waals surface area contributed by atoms with E-state index in [0.29, 0.717) is 0 Å². The Kier molecular flexibility index (Phi) is 18.0. The highest BCUT2D eigenvalue weighted by molar-refractivity contribution is 8.93. The molecule has 0 aliphatic carbocycles. The average molecular weight is 815 g/mol. The first-order valence-electron chi connectivity index (χ1n) is 18.6. The topological polar surface area (TPSA) is 25.9 Å². The van der Waals surface area contributed by atoms with Gasteiger partial charge in [-0.05, 0) is 62.1 Å². The van der Waals surface area contributed by atoms with Crippen molar-refractivity contribution >= 4 is 56.7 Å². The van der Waals surface area contributed by atoms with Gasteiger partial charge in [-0.25, -0.2) is 0 Å². The van der Waals surface area contributed by atoms with Gasteiger partial charge in [0, 0.05) is 98.5 Å². The van der Waals surface area contributed by atoms with E-state index in [4.69, 9.17) is 0 Å². The highest BCUT2D eigenvalue weighted by atomic mass is 79.9. The molecule has 0 saturated heterocycles. The van der Waals surface area contributed by atoms with Crippen LogP contribution >= 0.6 is 34.0 Å². The van der Waals surface area contributed by atoms with E-state index in [9.17, 15) is 0 Å². The lowest BCUT2D eigenvalue weighted by Crippen LogP contribution is -2.27. The van der Waals surface area contributed by atoms with Crippen molar-refractivity contribution in [3.8, 4) is 0 Å². The molecule has 4 aliphatic heterocycles. The molecule has 2 aromatic carbocycles. The number of halogens is 2. The monoisotopic (exact) mass is 812 g/mol. The molecule has 0 amide bonds. The summed E-state index contributed by atoms with van der Waals surface area (Å²) in [4.78, 5) is 18.9. The molecule has 0 spiro atoms. The zero-order valence-electron chi connectivity index (χ0n) is 30.9. The van der Waals surface area contributed by atoms with E-state index in [1.807, 2.05) is 0 Å². The summed E-state index contributed by atoms with van der Waals surface area (Å²) in [6.45, 7) is 17.4. The second kappa shape index (κ2) is 21.9. The maximum Gasteiger partial charge on any atom is 0.0941 e. The first-order valence-corrected chi connectivity index (χ1v) is 18.6. The third-order valence-electron chi connectivity index (χ3n) is 9.35. The van der Waals surface area contributed by atoms with Crippen molar-refractivity contribution < 1.29 is 0 Å². The van der Waals surface area contributed by atoms with Crippen molar-refractivity contribution in [1.29, 1.82) is 0 Å². The Balaban J connectivity index is 0.000000260. The number of nitrogens with zero attached hydrogens (tertiary/aromatic N) is 8. The fraction of sp³-hybridized carbons (Fsp3) is 0.500. The summed E-state index contributed by atoms with van der Waals surface area (Å²) in [6, 6.07) is 17.7. The minimum absolute atomic E-state index is 0. The fourth-order valence-electron chi connectivity index (χ4n) is 6.26. The third kappa shape index (κ3) is 11.9. The number of anilines is 4. The molecule has 0 fully saturated rings. The van der Waals surface area contributed by atoms with Crippen LogP contribution in [0.3, 0.4) is 0 Å². The smallest absolute Gasteiger partial charge is 0.0941 e. The Bertz CT molecular complexity index is 1180. The van der Waals surface area contributed by atoms with Gasteiger partial charge in [0.2, 0.25) is 0 Å². The van der Waals surface area contributed by atoms with Gasteiger partial charge in [0.05, 0.1) is 26.7 Å². The lowest BCUT2D eigenvalue weighted by Gasteiger charge is -2.24. The number of benzene rings is 2. The van der Waals surface area contributed by atoms with Gasteiger partial charge in [0.1, 0.15) is 0 Å². The van der Waals surface area contributed by atoms with Crippen LogP contribution in [0.5, 0.6) is 0 Å². The fourth-order valence-corrected chi connectivity index (χ4v) is 6.26. The van der Waals surface area contributed by atoms with Crippen molar-refractivity contribution in [2.45, 2.75) is 79.1 Å². The Labute approximate surface area is 324 Å². The van der Waals surface area contributed by atoms with E-state index < -0.39 is 0 Å². The summed E-state index contributed by atoms with van der Waals surface area (Å²) in [7, 11) is 0. The van der Waals surface area contributed by atoms with Crippen LogP contribution < -0.4 is 19.6 Å². The van der Waals surface area contributed by atoms with Gasteiger partial charge in [0.15, 0.2) is 0 Å². The molecule has 4 heterocycles. The standard InChI is InChI=1S/2C20H30N4.2BrH/c2*1-3-5-10-21-12-14-23(17-21)19-8-7-9-20(16-19)24-15-13-22(18-24)11-6-4-2;;/h2*7-9,12-16H,3-6,10-11,17-18H2,1-2H3;2*1H. The predicted molar refractivity (Wildman–Crippen MR) is 226 cm³/mol. The molecule has 0 N–H and O–H groups in total. The van der Waals surface area contributed by atoms with Gasteiger partial charge in [-0.1, -0.05) is 65.5 Å². The third-order valence-corrected chi connectivity index (χ3v) is 9.35. The molecule has 4 aliphatic rings. The van der Waals surface area contributed by atoms with Crippen molar-refractivity contribution in [1.82, 2.24) is 19.6 Å². The summed E-state index contributed by atoms with van der Waals surface area (Å²) < 4.78 is 0. The molecule has 2 aromatic rings. The molecular weight excluding hydrogens is 752 g/mol. The summed E-state index contributed by atoms with van der Waals surface area (Å²) in [5.41, 5.74) is 5.07. The number of rotatable bonds is 16. The van der Waals surface area contributed by atoms with Crippen molar-refractivity contribution in [3.63, 3.8) is 0 Å². The average Bonchev–Trinajstić information content (AvgIpc) is 3.96. The number of unbranched alkanes of at least 4 members (excludes halogenated alkanes) is 4. The molecule has 0 unspecified atom stereocenters. The summed E-state index contributed by atoms with van der Waals surface area (Å²) in [5.74, 6) is 0. The van der Waals surface area contributed by atoms with E-state index >= 15 is 0 Å². The largest absolute Gasteiger partial charge is 0.358 e. The summed E-state index contributed by atoms with van der Waals surface area (Å²) >= 11 is 0. The van der Waals surface area contributed by atoms with Crippen LogP contribution in [0.25, 0.3) is 0 Å². The minimum Gasteiger partial charge on any atom is -0.358 e. The molecule has 10 heteroatoms. The van der Waals surface area contributed by atoms with Crippen LogP contribution in [0.1, 0.15) is 79.1 Å². The molecule has 6 rings (SSSR count). The van der Waals surface area contributed by atoms with Crippen molar-refractivity contribution in [3.05, 3.63) is 98.1 Å². The van der Waals surface area contributed by atoms with Gasteiger partial charge in [0.25, 0.3) is 0 Å². The van der Waals surface area contributed by atoms with Crippen LogP contribution in [0, 0.1) is 0 Å². The summed E-state index contributed by atoms with van der Waals surface area (Å²) in [6.07, 6.45) is 27.6. The maximum absolute atomic E-state index is 2.39. The number of hydrogen-bond donors (Lipinski definition) is 0. The van der Waals surface area contributed by atoms with E-state index in [1.165, 1.54) is 74.1 Å². The molecule has 276 valence electrons. The Morgan fingerprint density at radius 2 is 0.620 bits per heavy atom. The molecule has 0 atom stereocenters. The van der Waals surface area contributed by atoms with Crippen molar-refractivity contribution in [2.75, 3.05) is 72.5 Å². The highest BCUT2D eigenvalue weighted by Crippen LogP contribution is 2.28. The molecular formula is C40H62Br2N8. The van der Waals surface area contributed by atoms with Crippen LogP contribution in [-0.2, 0) is 0 Å². The quantitative estimate of drug-likeness (QED) is 0.165.